The van der Waals surface area contributed by atoms with Crippen LogP contribution in [-0.4, -0.2) is 17.0 Å². The molecule has 0 fully saturated rings. The lowest BCUT2D eigenvalue weighted by Crippen LogP contribution is -2.40. The molecule has 0 radical (unpaired) electrons. The normalized spacial score (nSPS) is 11.9. The van der Waals surface area contributed by atoms with Gasteiger partial charge in [0.15, 0.2) is 6.10 Å². The van der Waals surface area contributed by atoms with Gasteiger partial charge in [0.05, 0.1) is 12.8 Å². The number of hydrogen-bond donors (Lipinski definition) is 0. The summed E-state index contributed by atoms with van der Waals surface area (Å²) in [6.45, 7) is 5.81. The number of aryl methyl sites for hydroxylation is 2. The first-order valence-corrected chi connectivity index (χ1v) is 9.01. The number of benzene rings is 1. The van der Waals surface area contributed by atoms with Crippen LogP contribution in [0.2, 0.25) is 5.02 Å². The first-order chi connectivity index (χ1) is 13.0. The molecule has 140 valence electrons. The Kier molecular flexibility index (Phi) is 5.81. The van der Waals surface area contributed by atoms with Crippen molar-refractivity contribution >= 4 is 23.3 Å². The van der Waals surface area contributed by atoms with E-state index in [-0.39, 0.29) is 12.5 Å². The smallest absolute Gasteiger partial charge is 0.269 e. The number of anilines is 1. The number of pyridine rings is 1. The Morgan fingerprint density at radius 2 is 1.96 bits per heavy atom. The molecule has 3 aromatic rings. The average molecular weight is 385 g/mol. The third-order valence-corrected chi connectivity index (χ3v) is 4.75. The molecule has 0 N–H and O–H groups in total. The fraction of sp³-hybridized carbons (Fsp3) is 0.238. The van der Waals surface area contributed by atoms with Gasteiger partial charge in [0.25, 0.3) is 5.91 Å². The lowest BCUT2D eigenvalue weighted by molar-refractivity contribution is -0.124. The van der Waals surface area contributed by atoms with Gasteiger partial charge in [-0.3, -0.25) is 9.69 Å². The van der Waals surface area contributed by atoms with Crippen LogP contribution in [0.3, 0.4) is 0 Å². The van der Waals surface area contributed by atoms with Crippen molar-refractivity contribution in [3.63, 3.8) is 0 Å². The highest BCUT2D eigenvalue weighted by Crippen LogP contribution is 2.27. The van der Waals surface area contributed by atoms with Gasteiger partial charge in [-0.25, -0.2) is 4.98 Å². The van der Waals surface area contributed by atoms with Crippen molar-refractivity contribution in [2.75, 3.05) is 4.90 Å². The number of ether oxygens (including phenoxy) is 1. The third-order valence-electron chi connectivity index (χ3n) is 4.16. The number of hydrogen-bond acceptors (Lipinski definition) is 4. The van der Waals surface area contributed by atoms with Crippen LogP contribution >= 0.6 is 11.6 Å². The van der Waals surface area contributed by atoms with E-state index in [9.17, 15) is 4.79 Å². The molecule has 1 aromatic carbocycles. The van der Waals surface area contributed by atoms with Gasteiger partial charge >= 0.3 is 0 Å². The molecule has 0 aliphatic rings. The molecule has 0 aliphatic heterocycles. The summed E-state index contributed by atoms with van der Waals surface area (Å²) in [4.78, 5) is 19.0. The van der Waals surface area contributed by atoms with Crippen molar-refractivity contribution in [2.45, 2.75) is 33.4 Å². The molecule has 0 spiro atoms. The van der Waals surface area contributed by atoms with E-state index in [1.54, 1.807) is 42.5 Å². The first kappa shape index (κ1) is 19.0. The topological polar surface area (TPSA) is 55.6 Å². The van der Waals surface area contributed by atoms with E-state index in [2.05, 4.69) is 4.98 Å². The molecule has 0 saturated carbocycles. The Hall–Kier alpha value is -2.79. The lowest BCUT2D eigenvalue weighted by Gasteiger charge is -2.25. The number of amides is 1. The monoisotopic (exact) mass is 384 g/mol. The largest absolute Gasteiger partial charge is 0.481 e. The minimum atomic E-state index is -0.707. The second-order valence-corrected chi connectivity index (χ2v) is 6.70. The highest BCUT2D eigenvalue weighted by molar-refractivity contribution is 6.32. The zero-order chi connectivity index (χ0) is 19.4. The summed E-state index contributed by atoms with van der Waals surface area (Å²) >= 11 is 6.21. The molecule has 0 aliphatic carbocycles. The maximum absolute atomic E-state index is 13.1. The molecule has 1 atom stereocenters. The van der Waals surface area contributed by atoms with Crippen LogP contribution in [0.25, 0.3) is 0 Å². The summed E-state index contributed by atoms with van der Waals surface area (Å²) in [5.41, 5.74) is 1.81. The molecule has 2 heterocycles. The van der Waals surface area contributed by atoms with E-state index in [0.29, 0.717) is 22.4 Å². The molecule has 27 heavy (non-hydrogen) atoms. The summed E-state index contributed by atoms with van der Waals surface area (Å²) in [6.07, 6.45) is 2.52. The number of carbonyl (C=O) groups is 1. The Bertz CT molecular complexity index is 887. The summed E-state index contributed by atoms with van der Waals surface area (Å²) in [5.74, 6) is 1.60. The van der Waals surface area contributed by atoms with Crippen LogP contribution in [0.5, 0.6) is 5.75 Å². The van der Waals surface area contributed by atoms with Crippen LogP contribution in [-0.2, 0) is 11.3 Å². The predicted molar refractivity (Wildman–Crippen MR) is 105 cm³/mol. The van der Waals surface area contributed by atoms with Gasteiger partial charge in [-0.2, -0.15) is 0 Å². The van der Waals surface area contributed by atoms with Crippen LogP contribution < -0.4 is 9.64 Å². The van der Waals surface area contributed by atoms with E-state index >= 15 is 0 Å². The zero-order valence-electron chi connectivity index (χ0n) is 15.5. The van der Waals surface area contributed by atoms with Crippen LogP contribution in [0.15, 0.2) is 59.3 Å². The van der Waals surface area contributed by atoms with Gasteiger partial charge in [0.2, 0.25) is 0 Å². The van der Waals surface area contributed by atoms with Crippen molar-refractivity contribution < 1.29 is 13.9 Å². The lowest BCUT2D eigenvalue weighted by atomic mass is 10.1. The van der Waals surface area contributed by atoms with Crippen molar-refractivity contribution in [3.05, 3.63) is 76.8 Å². The Balaban J connectivity index is 1.82. The van der Waals surface area contributed by atoms with E-state index in [0.717, 1.165) is 11.1 Å². The predicted octanol–water partition coefficient (Wildman–Crippen LogP) is 4.95. The van der Waals surface area contributed by atoms with Crippen LogP contribution in [0.1, 0.15) is 23.8 Å². The van der Waals surface area contributed by atoms with E-state index < -0.39 is 6.10 Å². The summed E-state index contributed by atoms with van der Waals surface area (Å²) in [6, 6.07) is 12.7. The molecule has 3 rings (SSSR count). The minimum Gasteiger partial charge on any atom is -0.481 e. The number of carbonyl (C=O) groups excluding carboxylic acids is 1. The van der Waals surface area contributed by atoms with Crippen LogP contribution in [0, 0.1) is 13.8 Å². The highest BCUT2D eigenvalue weighted by atomic mass is 35.5. The van der Waals surface area contributed by atoms with E-state index in [1.165, 1.54) is 0 Å². The maximum Gasteiger partial charge on any atom is 0.269 e. The Morgan fingerprint density at radius 1 is 1.22 bits per heavy atom. The van der Waals surface area contributed by atoms with Gasteiger partial charge in [0, 0.05) is 11.2 Å². The molecule has 5 nitrogen and oxygen atoms in total. The van der Waals surface area contributed by atoms with E-state index in [4.69, 9.17) is 20.8 Å². The summed E-state index contributed by atoms with van der Waals surface area (Å²) in [7, 11) is 0. The van der Waals surface area contributed by atoms with Crippen molar-refractivity contribution in [2.24, 2.45) is 0 Å². The molecule has 2 aromatic heterocycles. The van der Waals surface area contributed by atoms with Gasteiger partial charge in [-0.05, 0) is 68.3 Å². The number of aromatic nitrogens is 1. The van der Waals surface area contributed by atoms with E-state index in [1.807, 2.05) is 38.1 Å². The number of nitrogens with zero attached hydrogens (tertiary/aromatic N) is 2. The maximum atomic E-state index is 13.1. The standard InChI is InChI=1S/C21H21ClN2O3/c1-14-11-18(12-15(2)20(14)22)27-16(3)21(25)24(13-17-7-6-10-26-17)19-8-4-5-9-23-19/h4-12,16H,13H2,1-3H3/t16-/m0/s1. The van der Waals surface area contributed by atoms with Crippen molar-refractivity contribution in [3.8, 4) is 5.75 Å². The fourth-order valence-electron chi connectivity index (χ4n) is 2.79. The molecule has 6 heteroatoms. The third kappa shape index (κ3) is 4.49. The molecule has 0 bridgehead atoms. The quantitative estimate of drug-likeness (QED) is 0.603. The molecule has 1 amide bonds. The Labute approximate surface area is 163 Å². The minimum absolute atomic E-state index is 0.213. The highest BCUT2D eigenvalue weighted by Gasteiger charge is 2.25. The van der Waals surface area contributed by atoms with Gasteiger partial charge < -0.3 is 9.15 Å². The summed E-state index contributed by atoms with van der Waals surface area (Å²) in [5, 5.41) is 0.703. The molecular formula is C21H21ClN2O3. The second kappa shape index (κ2) is 8.27. The average Bonchev–Trinajstić information content (AvgIpc) is 3.17. The SMILES string of the molecule is Cc1cc(O[C@@H](C)C(=O)N(Cc2ccco2)c2ccccn2)cc(C)c1Cl. The first-order valence-electron chi connectivity index (χ1n) is 8.64. The molecular weight excluding hydrogens is 364 g/mol. The van der Waals surface area contributed by atoms with Gasteiger partial charge in [-0.1, -0.05) is 17.7 Å². The fourth-order valence-corrected chi connectivity index (χ4v) is 2.90. The van der Waals surface area contributed by atoms with Crippen LogP contribution in [0.4, 0.5) is 5.82 Å². The molecule has 0 unspecified atom stereocenters. The Morgan fingerprint density at radius 3 is 2.56 bits per heavy atom. The summed E-state index contributed by atoms with van der Waals surface area (Å²) < 4.78 is 11.3. The number of halogens is 1. The number of rotatable bonds is 6. The number of furan rings is 1. The zero-order valence-corrected chi connectivity index (χ0v) is 16.2. The van der Waals surface area contributed by atoms with Gasteiger partial charge in [-0.15, -0.1) is 0 Å². The van der Waals surface area contributed by atoms with Gasteiger partial charge in [0.1, 0.15) is 17.3 Å². The molecule has 0 saturated heterocycles. The second-order valence-electron chi connectivity index (χ2n) is 6.32. The van der Waals surface area contributed by atoms with Crippen molar-refractivity contribution in [1.82, 2.24) is 4.98 Å². The van der Waals surface area contributed by atoms with Crippen molar-refractivity contribution in [1.29, 1.82) is 0 Å².